The molecule has 1 aliphatic rings. The van der Waals surface area contributed by atoms with Gasteiger partial charge >= 0.3 is 5.97 Å². The van der Waals surface area contributed by atoms with Gasteiger partial charge < -0.3 is 24.2 Å². The lowest BCUT2D eigenvalue weighted by molar-refractivity contribution is -0.144. The number of carbonyl (C=O) groups excluding carboxylic acids is 3. The van der Waals surface area contributed by atoms with Crippen LogP contribution in [0.2, 0.25) is 0 Å². The Morgan fingerprint density at radius 1 is 0.673 bits per heavy atom. The van der Waals surface area contributed by atoms with E-state index < -0.39 is 12.0 Å². The molecule has 49 heavy (non-hydrogen) atoms. The van der Waals surface area contributed by atoms with E-state index in [1.807, 2.05) is 103 Å². The van der Waals surface area contributed by atoms with Gasteiger partial charge in [0, 0.05) is 25.3 Å². The zero-order chi connectivity index (χ0) is 34.2. The number of hydrogen-bond donors (Lipinski definition) is 0. The lowest BCUT2D eigenvalue weighted by atomic mass is 10.1. The summed E-state index contributed by atoms with van der Waals surface area (Å²) in [5, 5.41) is 0. The van der Waals surface area contributed by atoms with E-state index >= 15 is 0 Å². The van der Waals surface area contributed by atoms with Crippen molar-refractivity contribution in [1.29, 1.82) is 0 Å². The number of rotatable bonds is 12. The van der Waals surface area contributed by atoms with Crippen LogP contribution >= 0.6 is 0 Å². The molecule has 8 nitrogen and oxygen atoms in total. The van der Waals surface area contributed by atoms with Crippen LogP contribution in [0.1, 0.15) is 39.0 Å². The van der Waals surface area contributed by atoms with Gasteiger partial charge in [-0.1, -0.05) is 103 Å². The van der Waals surface area contributed by atoms with Crippen LogP contribution in [0.15, 0.2) is 133 Å². The molecule has 248 valence electrons. The predicted molar refractivity (Wildman–Crippen MR) is 190 cm³/mol. The smallest absolute Gasteiger partial charge is 0.308 e. The van der Waals surface area contributed by atoms with Gasteiger partial charge in [-0.25, -0.2) is 0 Å². The van der Waals surface area contributed by atoms with Crippen molar-refractivity contribution in [2.24, 2.45) is 0 Å². The highest BCUT2D eigenvalue weighted by Gasteiger charge is 2.41. The van der Waals surface area contributed by atoms with Crippen LogP contribution in [0, 0.1) is 0 Å². The molecular formula is C41H39N3O5. The Labute approximate surface area is 287 Å². The first-order valence-corrected chi connectivity index (χ1v) is 16.3. The Morgan fingerprint density at radius 3 is 1.86 bits per heavy atom. The van der Waals surface area contributed by atoms with Gasteiger partial charge in [0.2, 0.25) is 0 Å². The lowest BCUT2D eigenvalue weighted by Crippen LogP contribution is -2.49. The van der Waals surface area contributed by atoms with Crippen LogP contribution < -0.4 is 14.5 Å². The first kappa shape index (κ1) is 33.0. The van der Waals surface area contributed by atoms with Gasteiger partial charge in [0.15, 0.2) is 0 Å². The molecule has 0 unspecified atom stereocenters. The fourth-order valence-corrected chi connectivity index (χ4v) is 6.21. The van der Waals surface area contributed by atoms with Crippen molar-refractivity contribution in [2.75, 3.05) is 24.0 Å². The van der Waals surface area contributed by atoms with E-state index in [1.54, 1.807) is 18.1 Å². The topological polar surface area (TPSA) is 79.4 Å². The van der Waals surface area contributed by atoms with E-state index in [0.29, 0.717) is 30.1 Å². The number of amides is 2. The van der Waals surface area contributed by atoms with Gasteiger partial charge in [-0.05, 0) is 52.6 Å². The number of fused-ring (bicyclic) bond motifs is 1. The quantitative estimate of drug-likeness (QED) is 0.135. The minimum Gasteiger partial charge on any atom is -0.497 e. The number of anilines is 2. The molecule has 5 aromatic rings. The standard InChI is InChI=1S/C41H39N3O5/c1-48-35-20-12-19-33(23-35)29-44-38(25-39(45)49-2)41(47)43(28-32-17-10-5-11-18-32)37-24-34(21-22-36(37)40(44)46)42(26-30-13-6-3-7-14-30)27-31-15-8-4-9-16-31/h3-24,38H,25-29H2,1-2H3/t38-/m0/s1. The summed E-state index contributed by atoms with van der Waals surface area (Å²) in [6, 6.07) is 42.0. The summed E-state index contributed by atoms with van der Waals surface area (Å²) in [6.07, 6.45) is -0.286. The Kier molecular flexibility index (Phi) is 10.3. The minimum atomic E-state index is -1.10. The van der Waals surface area contributed by atoms with E-state index in [-0.39, 0.29) is 31.3 Å². The number of hydrogen-bond acceptors (Lipinski definition) is 6. The summed E-state index contributed by atoms with van der Waals surface area (Å²) in [5.41, 5.74) is 5.64. The molecule has 0 aromatic heterocycles. The van der Waals surface area contributed by atoms with E-state index in [1.165, 1.54) is 12.0 Å². The number of nitrogens with zero attached hydrogens (tertiary/aromatic N) is 3. The monoisotopic (exact) mass is 653 g/mol. The second kappa shape index (κ2) is 15.3. The number of esters is 1. The van der Waals surface area contributed by atoms with Crippen molar-refractivity contribution in [3.05, 3.63) is 161 Å². The average Bonchev–Trinajstić information content (AvgIpc) is 3.22. The highest BCUT2D eigenvalue weighted by molar-refractivity contribution is 6.12. The van der Waals surface area contributed by atoms with Gasteiger partial charge in [0.25, 0.3) is 11.8 Å². The fourth-order valence-electron chi connectivity index (χ4n) is 6.21. The number of benzene rings is 5. The molecule has 0 fully saturated rings. The van der Waals surface area contributed by atoms with Crippen LogP contribution in [-0.4, -0.2) is 42.9 Å². The zero-order valence-corrected chi connectivity index (χ0v) is 27.7. The third-order valence-electron chi connectivity index (χ3n) is 8.75. The molecular weight excluding hydrogens is 614 g/mol. The normalized spacial score (nSPS) is 14.2. The molecule has 0 spiro atoms. The van der Waals surface area contributed by atoms with Crippen LogP contribution in [0.4, 0.5) is 11.4 Å². The molecule has 0 aliphatic carbocycles. The lowest BCUT2D eigenvalue weighted by Gasteiger charge is -2.31. The van der Waals surface area contributed by atoms with E-state index in [4.69, 9.17) is 9.47 Å². The van der Waals surface area contributed by atoms with Crippen molar-refractivity contribution < 1.29 is 23.9 Å². The summed E-state index contributed by atoms with van der Waals surface area (Å²) in [4.78, 5) is 47.6. The molecule has 2 amide bonds. The Hall–Kier alpha value is -5.89. The maximum Gasteiger partial charge on any atom is 0.308 e. The maximum atomic E-state index is 14.8. The van der Waals surface area contributed by atoms with Gasteiger partial charge in [-0.15, -0.1) is 0 Å². The molecule has 0 radical (unpaired) electrons. The van der Waals surface area contributed by atoms with Crippen molar-refractivity contribution in [3.8, 4) is 5.75 Å². The van der Waals surface area contributed by atoms with Crippen molar-refractivity contribution in [1.82, 2.24) is 4.90 Å². The van der Waals surface area contributed by atoms with E-state index in [9.17, 15) is 14.4 Å². The third-order valence-corrected chi connectivity index (χ3v) is 8.75. The molecule has 1 heterocycles. The number of methoxy groups -OCH3 is 2. The van der Waals surface area contributed by atoms with Crippen LogP contribution in [-0.2, 0) is 40.5 Å². The molecule has 8 heteroatoms. The fraction of sp³-hybridized carbons (Fsp3) is 0.195. The first-order chi connectivity index (χ1) is 23.9. The molecule has 0 N–H and O–H groups in total. The Morgan fingerprint density at radius 2 is 1.27 bits per heavy atom. The van der Waals surface area contributed by atoms with Gasteiger partial charge in [0.1, 0.15) is 11.8 Å². The summed E-state index contributed by atoms with van der Waals surface area (Å²) in [7, 11) is 2.86. The molecule has 5 aromatic carbocycles. The summed E-state index contributed by atoms with van der Waals surface area (Å²) < 4.78 is 10.5. The molecule has 1 aliphatic heterocycles. The molecule has 1 atom stereocenters. The number of ether oxygens (including phenoxy) is 2. The van der Waals surface area contributed by atoms with E-state index in [0.717, 1.165) is 27.9 Å². The van der Waals surface area contributed by atoms with Gasteiger partial charge in [0.05, 0.1) is 38.4 Å². The second-order valence-corrected chi connectivity index (χ2v) is 12.0. The molecule has 0 bridgehead atoms. The second-order valence-electron chi connectivity index (χ2n) is 12.0. The van der Waals surface area contributed by atoms with Crippen LogP contribution in [0.5, 0.6) is 5.75 Å². The third kappa shape index (κ3) is 7.81. The average molecular weight is 654 g/mol. The minimum absolute atomic E-state index is 0.0952. The van der Waals surface area contributed by atoms with Gasteiger partial charge in [-0.3, -0.25) is 14.4 Å². The Bertz CT molecular complexity index is 1860. The summed E-state index contributed by atoms with van der Waals surface area (Å²) in [5.74, 6) is -0.660. The van der Waals surface area contributed by atoms with Crippen molar-refractivity contribution >= 4 is 29.2 Å². The van der Waals surface area contributed by atoms with Crippen LogP contribution in [0.25, 0.3) is 0 Å². The largest absolute Gasteiger partial charge is 0.497 e. The van der Waals surface area contributed by atoms with Crippen molar-refractivity contribution in [3.63, 3.8) is 0 Å². The molecule has 0 saturated heterocycles. The summed E-state index contributed by atoms with van der Waals surface area (Å²) in [6.45, 7) is 1.54. The highest BCUT2D eigenvalue weighted by Crippen LogP contribution is 2.36. The predicted octanol–water partition coefficient (Wildman–Crippen LogP) is 7.02. The SMILES string of the molecule is COC(=O)C[C@H]1C(=O)N(Cc2ccccc2)c2cc(N(Cc3ccccc3)Cc3ccccc3)ccc2C(=O)N1Cc1cccc(OC)c1. The zero-order valence-electron chi connectivity index (χ0n) is 27.7. The van der Waals surface area contributed by atoms with Crippen LogP contribution in [0.3, 0.4) is 0 Å². The first-order valence-electron chi connectivity index (χ1n) is 16.3. The number of carbonyl (C=O) groups is 3. The summed E-state index contributed by atoms with van der Waals surface area (Å²) >= 11 is 0. The molecule has 0 saturated carbocycles. The Balaban J connectivity index is 1.48. The van der Waals surface area contributed by atoms with Gasteiger partial charge in [-0.2, -0.15) is 0 Å². The molecule has 6 rings (SSSR count). The highest BCUT2D eigenvalue weighted by atomic mass is 16.5. The maximum absolute atomic E-state index is 14.8. The van der Waals surface area contributed by atoms with E-state index in [2.05, 4.69) is 29.2 Å². The van der Waals surface area contributed by atoms with Crippen molar-refractivity contribution in [2.45, 2.75) is 38.6 Å².